The third-order valence-electron chi connectivity index (χ3n) is 8.39. The number of fused-ring (bicyclic) bond motifs is 2. The Labute approximate surface area is 244 Å². The number of hydrogen-bond donors (Lipinski definition) is 3. The molecule has 2 aliphatic rings. The van der Waals surface area contributed by atoms with Crippen molar-refractivity contribution in [3.8, 4) is 11.6 Å². The standard InChI is InChI=1S/C31H37ClN4O5/c1-20-17-36(12-9-27(20)37)14-13-35-10-7-23(8-11-35)33-31(38)41-30-16-25-26(34-30)3-2-4-28(25)39-18-21-19-40-29-6-5-22(32)15-24(21)29/h2-6,15-16,19-20,23,27,34,37H,7-14,17-18H2,1H3,(H,33,38)/t20-,27-/m0/s1. The molecule has 3 N–H and O–H groups in total. The zero-order chi connectivity index (χ0) is 28.3. The lowest BCUT2D eigenvalue weighted by Gasteiger charge is -2.37. The van der Waals surface area contributed by atoms with Crippen molar-refractivity contribution in [1.29, 1.82) is 0 Å². The fourth-order valence-electron chi connectivity index (χ4n) is 5.91. The first kappa shape index (κ1) is 27.9. The molecule has 2 saturated heterocycles. The van der Waals surface area contributed by atoms with Gasteiger partial charge < -0.3 is 39.1 Å². The number of aromatic amines is 1. The van der Waals surface area contributed by atoms with Gasteiger partial charge in [0.05, 0.1) is 17.9 Å². The molecule has 6 rings (SSSR count). The minimum absolute atomic E-state index is 0.0884. The number of nitrogens with one attached hydrogen (secondary N) is 2. The molecule has 41 heavy (non-hydrogen) atoms. The van der Waals surface area contributed by atoms with E-state index >= 15 is 0 Å². The summed E-state index contributed by atoms with van der Waals surface area (Å²) in [5.74, 6) is 1.38. The van der Waals surface area contributed by atoms with E-state index in [0.29, 0.717) is 29.2 Å². The van der Waals surface area contributed by atoms with Gasteiger partial charge in [-0.25, -0.2) is 4.79 Å². The summed E-state index contributed by atoms with van der Waals surface area (Å²) >= 11 is 6.16. The van der Waals surface area contributed by atoms with Crippen LogP contribution in [0.3, 0.4) is 0 Å². The van der Waals surface area contributed by atoms with Crippen LogP contribution in [0.4, 0.5) is 4.79 Å². The maximum atomic E-state index is 12.7. The number of amides is 1. The first-order chi connectivity index (χ1) is 19.9. The highest BCUT2D eigenvalue weighted by molar-refractivity contribution is 6.31. The minimum Gasteiger partial charge on any atom is -0.488 e. The number of benzene rings is 2. The maximum Gasteiger partial charge on any atom is 0.414 e. The summed E-state index contributed by atoms with van der Waals surface area (Å²) in [7, 11) is 0. The summed E-state index contributed by atoms with van der Waals surface area (Å²) < 4.78 is 17.4. The number of piperidine rings is 2. The van der Waals surface area contributed by atoms with Crippen LogP contribution in [-0.2, 0) is 6.61 Å². The quantitative estimate of drug-likeness (QED) is 0.256. The highest BCUT2D eigenvalue weighted by Crippen LogP contribution is 2.31. The highest BCUT2D eigenvalue weighted by atomic mass is 35.5. The lowest BCUT2D eigenvalue weighted by molar-refractivity contribution is 0.0302. The van der Waals surface area contributed by atoms with Crippen LogP contribution in [-0.4, -0.2) is 77.4 Å². The Kier molecular flexibility index (Phi) is 8.39. The SMILES string of the molecule is C[C@H]1CN(CCN2CCC(NC(=O)Oc3cc4c(OCc5coc6ccc(Cl)cc56)cccc4[nH]3)CC2)CC[C@@H]1O. The fraction of sp³-hybridized carbons (Fsp3) is 0.452. The van der Waals surface area contributed by atoms with E-state index in [9.17, 15) is 9.90 Å². The molecule has 0 spiro atoms. The van der Waals surface area contributed by atoms with Crippen LogP contribution in [0.2, 0.25) is 5.02 Å². The smallest absolute Gasteiger partial charge is 0.414 e. The summed E-state index contributed by atoms with van der Waals surface area (Å²) in [6.45, 7) is 8.30. The maximum absolute atomic E-state index is 12.7. The second-order valence-corrected chi connectivity index (χ2v) is 11.8. The molecular weight excluding hydrogens is 544 g/mol. The van der Waals surface area contributed by atoms with Gasteiger partial charge in [-0.2, -0.15) is 0 Å². The predicted molar refractivity (Wildman–Crippen MR) is 159 cm³/mol. The number of rotatable bonds is 8. The largest absolute Gasteiger partial charge is 0.488 e. The Balaban J connectivity index is 0.984. The van der Waals surface area contributed by atoms with E-state index in [1.807, 2.05) is 30.3 Å². The van der Waals surface area contributed by atoms with Crippen LogP contribution >= 0.6 is 11.6 Å². The van der Waals surface area contributed by atoms with Gasteiger partial charge >= 0.3 is 6.09 Å². The molecule has 0 saturated carbocycles. The van der Waals surface area contributed by atoms with Crippen molar-refractivity contribution in [3.05, 3.63) is 59.3 Å². The first-order valence-corrected chi connectivity index (χ1v) is 14.8. The molecule has 2 aromatic heterocycles. The molecule has 9 nitrogen and oxygen atoms in total. The number of aliphatic hydroxyl groups is 1. The van der Waals surface area contributed by atoms with E-state index in [0.717, 1.165) is 86.0 Å². The molecule has 0 bridgehead atoms. The van der Waals surface area contributed by atoms with E-state index in [-0.39, 0.29) is 12.1 Å². The number of furan rings is 1. The molecule has 2 atom stereocenters. The third-order valence-corrected chi connectivity index (χ3v) is 8.62. The van der Waals surface area contributed by atoms with Gasteiger partial charge in [0.2, 0.25) is 5.88 Å². The predicted octanol–water partition coefficient (Wildman–Crippen LogP) is 5.40. The fourth-order valence-corrected chi connectivity index (χ4v) is 6.08. The Morgan fingerprint density at radius 1 is 1.10 bits per heavy atom. The Hall–Kier alpha value is -3.24. The van der Waals surface area contributed by atoms with E-state index in [2.05, 4.69) is 27.0 Å². The number of nitrogens with zero attached hydrogens (tertiary/aromatic N) is 2. The Morgan fingerprint density at radius 2 is 1.90 bits per heavy atom. The van der Waals surface area contributed by atoms with Crippen molar-refractivity contribution in [2.24, 2.45) is 5.92 Å². The minimum atomic E-state index is -0.458. The van der Waals surface area contributed by atoms with Crippen LogP contribution in [0.1, 0.15) is 31.7 Å². The average Bonchev–Trinajstić information content (AvgIpc) is 3.56. The van der Waals surface area contributed by atoms with Gasteiger partial charge in [0.1, 0.15) is 17.9 Å². The molecule has 1 amide bonds. The second-order valence-electron chi connectivity index (χ2n) is 11.3. The Morgan fingerprint density at radius 3 is 2.73 bits per heavy atom. The molecule has 0 aliphatic carbocycles. The van der Waals surface area contributed by atoms with Gasteiger partial charge in [0, 0.05) is 72.7 Å². The molecule has 0 radical (unpaired) electrons. The first-order valence-electron chi connectivity index (χ1n) is 14.4. The van der Waals surface area contributed by atoms with Crippen molar-refractivity contribution >= 4 is 39.6 Å². The van der Waals surface area contributed by atoms with Crippen LogP contribution in [0.15, 0.2) is 53.1 Å². The number of H-pyrrole nitrogens is 1. The number of halogens is 1. The number of aliphatic hydroxyl groups excluding tert-OH is 1. The number of carbonyl (C=O) groups excluding carboxylic acids is 1. The van der Waals surface area contributed by atoms with Crippen LogP contribution in [0.5, 0.6) is 11.6 Å². The van der Waals surface area contributed by atoms with Crippen molar-refractivity contribution in [1.82, 2.24) is 20.1 Å². The van der Waals surface area contributed by atoms with Crippen LogP contribution in [0.25, 0.3) is 21.9 Å². The van der Waals surface area contributed by atoms with Crippen molar-refractivity contribution in [2.45, 2.75) is 44.9 Å². The van der Waals surface area contributed by atoms with Gasteiger partial charge in [-0.1, -0.05) is 24.6 Å². The molecule has 0 unspecified atom stereocenters. The molecule has 4 heterocycles. The number of ether oxygens (including phenoxy) is 2. The number of carbonyl (C=O) groups is 1. The van der Waals surface area contributed by atoms with E-state index in [1.165, 1.54) is 0 Å². The monoisotopic (exact) mass is 580 g/mol. The zero-order valence-corrected chi connectivity index (χ0v) is 24.0. The summed E-state index contributed by atoms with van der Waals surface area (Å²) in [5.41, 5.74) is 2.48. The van der Waals surface area contributed by atoms with Gasteiger partial charge in [-0.15, -0.1) is 0 Å². The summed E-state index contributed by atoms with van der Waals surface area (Å²) in [4.78, 5) is 20.8. The van der Waals surface area contributed by atoms with E-state index in [1.54, 1.807) is 18.4 Å². The molecule has 2 aliphatic heterocycles. The highest BCUT2D eigenvalue weighted by Gasteiger charge is 2.26. The number of aromatic nitrogens is 1. The lowest BCUT2D eigenvalue weighted by atomic mass is 9.97. The molecule has 10 heteroatoms. The number of hydrogen-bond acceptors (Lipinski definition) is 7. The summed E-state index contributed by atoms with van der Waals surface area (Å²) in [6, 6.07) is 13.1. The molecule has 218 valence electrons. The van der Waals surface area contributed by atoms with Crippen molar-refractivity contribution in [3.63, 3.8) is 0 Å². The Bertz CT molecular complexity index is 1490. The van der Waals surface area contributed by atoms with Crippen LogP contribution < -0.4 is 14.8 Å². The topological polar surface area (TPSA) is 103 Å². The third kappa shape index (κ3) is 6.64. The normalized spacial score (nSPS) is 21.0. The van der Waals surface area contributed by atoms with Gasteiger partial charge in [-0.05, 0) is 55.5 Å². The molecule has 4 aromatic rings. The van der Waals surface area contributed by atoms with Gasteiger partial charge in [0.15, 0.2) is 0 Å². The van der Waals surface area contributed by atoms with E-state index in [4.69, 9.17) is 25.5 Å². The van der Waals surface area contributed by atoms with Gasteiger partial charge in [-0.3, -0.25) is 0 Å². The molecular formula is C31H37ClN4O5. The molecule has 2 aromatic carbocycles. The second kappa shape index (κ2) is 12.3. The zero-order valence-electron chi connectivity index (χ0n) is 23.3. The van der Waals surface area contributed by atoms with Crippen molar-refractivity contribution < 1.29 is 23.8 Å². The molecule has 2 fully saturated rings. The lowest BCUT2D eigenvalue weighted by Crippen LogP contribution is -2.48. The summed E-state index contributed by atoms with van der Waals surface area (Å²) in [6.07, 6.45) is 3.70. The average molecular weight is 581 g/mol. The van der Waals surface area contributed by atoms with Crippen molar-refractivity contribution in [2.75, 3.05) is 39.3 Å². The summed E-state index contributed by atoms with van der Waals surface area (Å²) in [5, 5.41) is 15.4. The van der Waals surface area contributed by atoms with Gasteiger partial charge in [0.25, 0.3) is 0 Å². The van der Waals surface area contributed by atoms with Crippen LogP contribution in [0, 0.1) is 5.92 Å². The number of likely N-dealkylation sites (tertiary alicyclic amines) is 2. The van der Waals surface area contributed by atoms with E-state index < -0.39 is 6.09 Å².